The summed E-state index contributed by atoms with van der Waals surface area (Å²) in [5.41, 5.74) is 0.173. The zero-order valence-corrected chi connectivity index (χ0v) is 17.4. The molecule has 29 heavy (non-hydrogen) atoms. The second-order valence-electron chi connectivity index (χ2n) is 7.12. The minimum absolute atomic E-state index is 0.339. The number of nitrogens with one attached hydrogen (secondary N) is 2. The summed E-state index contributed by atoms with van der Waals surface area (Å²) in [6.07, 6.45) is 3.17. The second kappa shape index (κ2) is 10.9. The Morgan fingerprint density at radius 1 is 1.21 bits per heavy atom. The van der Waals surface area contributed by atoms with Crippen LogP contribution in [-0.2, 0) is 14.3 Å². The van der Waals surface area contributed by atoms with Gasteiger partial charge >= 0.3 is 12.0 Å². The number of rotatable bonds is 8. The van der Waals surface area contributed by atoms with E-state index < -0.39 is 29.6 Å². The molecule has 1 aromatic rings. The highest BCUT2D eigenvalue weighted by Crippen LogP contribution is 2.28. The van der Waals surface area contributed by atoms with E-state index in [2.05, 4.69) is 17.2 Å². The second-order valence-corrected chi connectivity index (χ2v) is 7.12. The molecule has 0 saturated carbocycles. The van der Waals surface area contributed by atoms with Crippen molar-refractivity contribution in [3.05, 3.63) is 42.5 Å². The van der Waals surface area contributed by atoms with Crippen molar-refractivity contribution in [2.45, 2.75) is 39.3 Å². The first-order valence-electron chi connectivity index (χ1n) is 8.99. The summed E-state index contributed by atoms with van der Waals surface area (Å²) in [7, 11) is 1.51. The number of amides is 3. The molecule has 0 spiro atoms. The Morgan fingerprint density at radius 3 is 2.48 bits per heavy atom. The molecule has 0 heterocycles. The number of benzene rings is 1. The van der Waals surface area contributed by atoms with Gasteiger partial charge in [0.25, 0.3) is 5.91 Å². The predicted molar refractivity (Wildman–Crippen MR) is 110 cm³/mol. The lowest BCUT2D eigenvalue weighted by Gasteiger charge is -2.21. The van der Waals surface area contributed by atoms with E-state index in [0.29, 0.717) is 23.7 Å². The third kappa shape index (κ3) is 8.96. The van der Waals surface area contributed by atoms with Gasteiger partial charge in [-0.15, -0.1) is 0 Å². The number of carbonyl (C=O) groups excluding carboxylic acids is 3. The van der Waals surface area contributed by atoms with E-state index in [-0.39, 0.29) is 0 Å². The SMILES string of the molecule is C=CCOc1ccc(/C=C/C(=O)O[C@H](C)C(=O)NC(=O)NC(C)(C)C)cc1OC. The molecule has 0 bridgehead atoms. The highest BCUT2D eigenvalue weighted by molar-refractivity contribution is 5.98. The van der Waals surface area contributed by atoms with E-state index in [1.165, 1.54) is 26.2 Å². The molecule has 0 fully saturated rings. The van der Waals surface area contributed by atoms with Crippen molar-refractivity contribution in [3.63, 3.8) is 0 Å². The highest BCUT2D eigenvalue weighted by Gasteiger charge is 2.21. The maximum atomic E-state index is 12.0. The van der Waals surface area contributed by atoms with Crippen molar-refractivity contribution in [2.24, 2.45) is 0 Å². The smallest absolute Gasteiger partial charge is 0.331 e. The fraction of sp³-hybridized carbons (Fsp3) is 0.381. The van der Waals surface area contributed by atoms with Gasteiger partial charge in [-0.05, 0) is 51.5 Å². The summed E-state index contributed by atoms with van der Waals surface area (Å²) in [5, 5.41) is 4.71. The topological polar surface area (TPSA) is 103 Å². The van der Waals surface area contributed by atoms with Crippen LogP contribution in [0.2, 0.25) is 0 Å². The molecule has 8 nitrogen and oxygen atoms in total. The van der Waals surface area contributed by atoms with Crippen LogP contribution in [0.5, 0.6) is 11.5 Å². The van der Waals surface area contributed by atoms with Crippen molar-refractivity contribution in [2.75, 3.05) is 13.7 Å². The Morgan fingerprint density at radius 2 is 1.90 bits per heavy atom. The molecule has 0 aromatic heterocycles. The van der Waals surface area contributed by atoms with Gasteiger partial charge in [0.1, 0.15) is 6.61 Å². The molecule has 1 rings (SSSR count). The van der Waals surface area contributed by atoms with Crippen molar-refractivity contribution in [3.8, 4) is 11.5 Å². The van der Waals surface area contributed by atoms with Crippen LogP contribution in [0.15, 0.2) is 36.9 Å². The quantitative estimate of drug-likeness (QED) is 0.392. The summed E-state index contributed by atoms with van der Waals surface area (Å²) in [4.78, 5) is 35.6. The van der Waals surface area contributed by atoms with Crippen LogP contribution in [-0.4, -0.2) is 43.3 Å². The van der Waals surface area contributed by atoms with Crippen molar-refractivity contribution in [1.82, 2.24) is 10.6 Å². The number of ether oxygens (including phenoxy) is 3. The Hall–Kier alpha value is -3.29. The molecular weight excluding hydrogens is 376 g/mol. The minimum atomic E-state index is -1.14. The average Bonchev–Trinajstić information content (AvgIpc) is 2.63. The van der Waals surface area contributed by atoms with Gasteiger partial charge in [0.2, 0.25) is 0 Å². The van der Waals surface area contributed by atoms with Gasteiger partial charge < -0.3 is 19.5 Å². The zero-order valence-electron chi connectivity index (χ0n) is 17.4. The van der Waals surface area contributed by atoms with Crippen LogP contribution in [0.1, 0.15) is 33.3 Å². The van der Waals surface area contributed by atoms with Crippen LogP contribution < -0.4 is 20.1 Å². The fourth-order valence-corrected chi connectivity index (χ4v) is 2.07. The number of methoxy groups -OCH3 is 1. The number of carbonyl (C=O) groups is 3. The molecule has 0 unspecified atom stereocenters. The summed E-state index contributed by atoms with van der Waals surface area (Å²) in [5.74, 6) is -0.403. The van der Waals surface area contributed by atoms with Crippen LogP contribution in [0, 0.1) is 0 Å². The van der Waals surface area contributed by atoms with Crippen molar-refractivity contribution in [1.29, 1.82) is 0 Å². The minimum Gasteiger partial charge on any atom is -0.493 e. The average molecular weight is 404 g/mol. The van der Waals surface area contributed by atoms with Crippen LogP contribution in [0.4, 0.5) is 4.79 Å². The molecule has 8 heteroatoms. The molecule has 0 aliphatic carbocycles. The molecule has 0 radical (unpaired) electrons. The largest absolute Gasteiger partial charge is 0.493 e. The summed E-state index contributed by atoms with van der Waals surface area (Å²) in [6, 6.07) is 4.47. The fourth-order valence-electron chi connectivity index (χ4n) is 2.07. The summed E-state index contributed by atoms with van der Waals surface area (Å²) < 4.78 is 15.7. The Kier molecular flexibility index (Phi) is 8.92. The van der Waals surface area contributed by atoms with E-state index in [1.807, 2.05) is 0 Å². The monoisotopic (exact) mass is 404 g/mol. The van der Waals surface area contributed by atoms with E-state index >= 15 is 0 Å². The van der Waals surface area contributed by atoms with Crippen molar-refractivity contribution < 1.29 is 28.6 Å². The van der Waals surface area contributed by atoms with Gasteiger partial charge in [-0.2, -0.15) is 0 Å². The molecule has 0 aliphatic rings. The highest BCUT2D eigenvalue weighted by atomic mass is 16.5. The first-order chi connectivity index (χ1) is 13.6. The lowest BCUT2D eigenvalue weighted by atomic mass is 10.1. The maximum absolute atomic E-state index is 12.0. The maximum Gasteiger partial charge on any atom is 0.331 e. The van der Waals surface area contributed by atoms with E-state index in [4.69, 9.17) is 14.2 Å². The predicted octanol–water partition coefficient (Wildman–Crippen LogP) is 2.83. The summed E-state index contributed by atoms with van der Waals surface area (Å²) >= 11 is 0. The number of hydrogen-bond donors (Lipinski definition) is 2. The first-order valence-corrected chi connectivity index (χ1v) is 8.99. The van der Waals surface area contributed by atoms with Gasteiger partial charge in [-0.1, -0.05) is 18.7 Å². The van der Waals surface area contributed by atoms with Crippen LogP contribution >= 0.6 is 0 Å². The Labute approximate surface area is 170 Å². The van der Waals surface area contributed by atoms with Crippen LogP contribution in [0.3, 0.4) is 0 Å². The molecular formula is C21H28N2O6. The van der Waals surface area contributed by atoms with Crippen molar-refractivity contribution >= 4 is 24.0 Å². The van der Waals surface area contributed by atoms with Gasteiger partial charge in [0.05, 0.1) is 7.11 Å². The van der Waals surface area contributed by atoms with Gasteiger partial charge in [-0.25, -0.2) is 9.59 Å². The molecule has 1 atom stereocenters. The van der Waals surface area contributed by atoms with E-state index in [1.54, 1.807) is 45.0 Å². The van der Waals surface area contributed by atoms with E-state index in [9.17, 15) is 14.4 Å². The third-order valence-corrected chi connectivity index (χ3v) is 3.34. The molecule has 1 aromatic carbocycles. The third-order valence-electron chi connectivity index (χ3n) is 3.34. The number of imide groups is 1. The number of urea groups is 1. The normalized spacial score (nSPS) is 12.0. The molecule has 0 saturated heterocycles. The van der Waals surface area contributed by atoms with E-state index in [0.717, 1.165) is 0 Å². The molecule has 2 N–H and O–H groups in total. The first kappa shape index (κ1) is 23.7. The number of esters is 1. The molecule has 3 amide bonds. The standard InChI is InChI=1S/C21H28N2O6/c1-7-12-28-16-10-8-15(13-17(16)27-6)9-11-18(24)29-14(2)19(25)22-20(26)23-21(3,4)5/h7-11,13-14H,1,12H2,2-6H3,(H2,22,23,25,26)/b11-9+/t14-/m1/s1. The lowest BCUT2D eigenvalue weighted by molar-refractivity contribution is -0.149. The lowest BCUT2D eigenvalue weighted by Crippen LogP contribution is -2.50. The Bertz CT molecular complexity index is 780. The zero-order chi connectivity index (χ0) is 22.0. The van der Waals surface area contributed by atoms with Gasteiger partial charge in [0, 0.05) is 11.6 Å². The summed E-state index contributed by atoms with van der Waals surface area (Å²) in [6.45, 7) is 10.6. The molecule has 0 aliphatic heterocycles. The Balaban J connectivity index is 2.64. The molecule has 158 valence electrons. The van der Waals surface area contributed by atoms with Gasteiger partial charge in [-0.3, -0.25) is 10.1 Å². The van der Waals surface area contributed by atoms with Crippen LogP contribution in [0.25, 0.3) is 6.08 Å². The van der Waals surface area contributed by atoms with Gasteiger partial charge in [0.15, 0.2) is 17.6 Å². The number of hydrogen-bond acceptors (Lipinski definition) is 6.